The smallest absolute Gasteiger partial charge is 0.227 e. The molecule has 2 heterocycles. The van der Waals surface area contributed by atoms with Crippen LogP contribution in [0.5, 0.6) is 0 Å². The number of hydrogen-bond donors (Lipinski definition) is 1. The predicted octanol–water partition coefficient (Wildman–Crippen LogP) is 4.89. The van der Waals surface area contributed by atoms with Crippen LogP contribution in [0.4, 0.5) is 10.1 Å². The van der Waals surface area contributed by atoms with Crippen LogP contribution in [0.1, 0.15) is 31.7 Å². The monoisotopic (exact) mass is 393 g/mol. The van der Waals surface area contributed by atoms with Crippen molar-refractivity contribution in [2.75, 3.05) is 18.4 Å². The van der Waals surface area contributed by atoms with Crippen molar-refractivity contribution in [2.45, 2.75) is 25.8 Å². The average Bonchev–Trinajstić information content (AvgIpc) is 3.26. The number of benzene rings is 2. The van der Waals surface area contributed by atoms with Crippen molar-refractivity contribution in [1.29, 1.82) is 0 Å². The Hall–Kier alpha value is -2.99. The number of carbonyl (C=O) groups excluding carboxylic acids is 1. The van der Waals surface area contributed by atoms with E-state index in [1.54, 1.807) is 18.3 Å². The minimum atomic E-state index is -0.313. The minimum absolute atomic E-state index is 0.00796. The van der Waals surface area contributed by atoms with E-state index in [4.69, 9.17) is 4.42 Å². The molecule has 4 rings (SSSR count). The molecule has 0 saturated carbocycles. The van der Waals surface area contributed by atoms with Crippen LogP contribution in [0.2, 0.25) is 0 Å². The highest BCUT2D eigenvalue weighted by Crippen LogP contribution is 2.29. The van der Waals surface area contributed by atoms with Crippen LogP contribution in [-0.2, 0) is 4.79 Å². The molecule has 1 N–H and O–H groups in total. The number of carbonyl (C=O) groups is 1. The van der Waals surface area contributed by atoms with E-state index < -0.39 is 0 Å². The van der Waals surface area contributed by atoms with Gasteiger partial charge in [0.2, 0.25) is 11.8 Å². The zero-order valence-electron chi connectivity index (χ0n) is 16.3. The van der Waals surface area contributed by atoms with E-state index in [2.05, 4.69) is 22.1 Å². The van der Waals surface area contributed by atoms with Gasteiger partial charge in [-0.2, -0.15) is 0 Å². The Morgan fingerprint density at radius 1 is 1.14 bits per heavy atom. The molecule has 150 valence electrons. The van der Waals surface area contributed by atoms with Crippen molar-refractivity contribution in [3.05, 3.63) is 72.5 Å². The second-order valence-corrected chi connectivity index (χ2v) is 7.41. The van der Waals surface area contributed by atoms with Gasteiger partial charge in [-0.05, 0) is 57.1 Å². The lowest BCUT2D eigenvalue weighted by Gasteiger charge is -2.34. The zero-order valence-corrected chi connectivity index (χ0v) is 16.3. The van der Waals surface area contributed by atoms with E-state index in [0.717, 1.165) is 37.3 Å². The fourth-order valence-corrected chi connectivity index (χ4v) is 3.70. The number of likely N-dealkylation sites (tertiary alicyclic amines) is 1. The van der Waals surface area contributed by atoms with Crippen molar-refractivity contribution < 1.29 is 13.6 Å². The highest BCUT2D eigenvalue weighted by Gasteiger charge is 2.29. The molecule has 3 aromatic rings. The molecule has 1 amide bonds. The number of nitrogens with zero attached hydrogens (tertiary/aromatic N) is 2. The Morgan fingerprint density at radius 2 is 1.83 bits per heavy atom. The number of oxazole rings is 1. The molecule has 1 aliphatic rings. The molecule has 1 atom stereocenters. The summed E-state index contributed by atoms with van der Waals surface area (Å²) < 4.78 is 19.0. The molecule has 1 unspecified atom stereocenters. The first kappa shape index (κ1) is 19.3. The zero-order chi connectivity index (χ0) is 20.2. The molecule has 1 saturated heterocycles. The molecular formula is C23H24FN3O2. The van der Waals surface area contributed by atoms with Gasteiger partial charge in [0.15, 0.2) is 5.76 Å². The fourth-order valence-electron chi connectivity index (χ4n) is 3.70. The van der Waals surface area contributed by atoms with E-state index in [0.29, 0.717) is 11.6 Å². The Balaban J connectivity index is 1.32. The lowest BCUT2D eigenvalue weighted by atomic mass is 9.95. The first-order valence-corrected chi connectivity index (χ1v) is 9.92. The number of halogens is 1. The van der Waals surface area contributed by atoms with Crippen LogP contribution in [-0.4, -0.2) is 28.9 Å². The minimum Gasteiger partial charge on any atom is -0.439 e. The van der Waals surface area contributed by atoms with E-state index in [1.165, 1.54) is 12.1 Å². The molecule has 0 radical (unpaired) electrons. The normalized spacial score (nSPS) is 16.5. The van der Waals surface area contributed by atoms with Crippen LogP contribution < -0.4 is 5.32 Å². The van der Waals surface area contributed by atoms with E-state index >= 15 is 0 Å². The highest BCUT2D eigenvalue weighted by atomic mass is 19.1. The van der Waals surface area contributed by atoms with Gasteiger partial charge in [0.1, 0.15) is 5.82 Å². The molecule has 1 aliphatic heterocycles. The summed E-state index contributed by atoms with van der Waals surface area (Å²) >= 11 is 0. The largest absolute Gasteiger partial charge is 0.439 e. The summed E-state index contributed by atoms with van der Waals surface area (Å²) in [5.41, 5.74) is 1.63. The molecular weight excluding hydrogens is 369 g/mol. The third-order valence-corrected chi connectivity index (χ3v) is 5.50. The Labute approximate surface area is 169 Å². The van der Waals surface area contributed by atoms with Gasteiger partial charge in [0, 0.05) is 17.2 Å². The fraction of sp³-hybridized carbons (Fsp3) is 0.304. The van der Waals surface area contributed by atoms with Crippen LogP contribution in [0.15, 0.2) is 65.2 Å². The predicted molar refractivity (Wildman–Crippen MR) is 110 cm³/mol. The van der Waals surface area contributed by atoms with E-state index in [9.17, 15) is 9.18 Å². The Kier molecular flexibility index (Phi) is 5.71. The van der Waals surface area contributed by atoms with Crippen molar-refractivity contribution in [2.24, 2.45) is 5.92 Å². The molecule has 0 aliphatic carbocycles. The van der Waals surface area contributed by atoms with Crippen molar-refractivity contribution >= 4 is 11.6 Å². The Bertz CT molecular complexity index is 948. The van der Waals surface area contributed by atoms with E-state index in [-0.39, 0.29) is 23.7 Å². The lowest BCUT2D eigenvalue weighted by Crippen LogP contribution is -2.39. The topological polar surface area (TPSA) is 58.4 Å². The van der Waals surface area contributed by atoms with Crippen LogP contribution in [0.3, 0.4) is 0 Å². The van der Waals surface area contributed by atoms with Crippen LogP contribution >= 0.6 is 0 Å². The molecule has 1 aromatic heterocycles. The number of piperidine rings is 1. The van der Waals surface area contributed by atoms with E-state index in [1.807, 2.05) is 30.3 Å². The van der Waals surface area contributed by atoms with Crippen molar-refractivity contribution in [1.82, 2.24) is 9.88 Å². The molecule has 1 fully saturated rings. The summed E-state index contributed by atoms with van der Waals surface area (Å²) in [5, 5.41) is 2.88. The molecule has 2 aromatic carbocycles. The maximum atomic E-state index is 13.0. The number of anilines is 1. The Morgan fingerprint density at radius 3 is 2.52 bits per heavy atom. The summed E-state index contributed by atoms with van der Waals surface area (Å²) in [6.07, 6.45) is 3.30. The maximum absolute atomic E-state index is 13.0. The first-order chi connectivity index (χ1) is 14.1. The summed E-state index contributed by atoms with van der Waals surface area (Å²) in [7, 11) is 0. The molecule has 0 spiro atoms. The molecule has 29 heavy (non-hydrogen) atoms. The van der Waals surface area contributed by atoms with Crippen LogP contribution in [0, 0.1) is 11.7 Å². The van der Waals surface area contributed by atoms with Gasteiger partial charge in [-0.15, -0.1) is 0 Å². The first-order valence-electron chi connectivity index (χ1n) is 9.92. The number of amides is 1. The summed E-state index contributed by atoms with van der Waals surface area (Å²) in [6, 6.07) is 15.8. The van der Waals surface area contributed by atoms with Crippen molar-refractivity contribution in [3.8, 4) is 11.3 Å². The standard InChI is InChI=1S/C23H24FN3O2/c1-16(23-25-15-21(29-23)17-5-3-2-4-6-17)27-13-11-18(12-14-27)22(28)26-20-9-7-19(24)8-10-20/h2-10,15-16,18H,11-14H2,1H3,(H,26,28). The van der Waals surface area contributed by atoms with Gasteiger partial charge in [0.05, 0.1) is 12.2 Å². The SMILES string of the molecule is CC(c1ncc(-c2ccccc2)o1)N1CCC(C(=O)Nc2ccc(F)cc2)CC1. The third-order valence-electron chi connectivity index (χ3n) is 5.50. The number of rotatable bonds is 5. The third kappa shape index (κ3) is 4.54. The van der Waals surface area contributed by atoms with Crippen LogP contribution in [0.25, 0.3) is 11.3 Å². The second-order valence-electron chi connectivity index (χ2n) is 7.41. The van der Waals surface area contributed by atoms with Gasteiger partial charge in [0.25, 0.3) is 0 Å². The molecule has 0 bridgehead atoms. The van der Waals surface area contributed by atoms with Gasteiger partial charge in [-0.3, -0.25) is 9.69 Å². The summed E-state index contributed by atoms with van der Waals surface area (Å²) in [5.74, 6) is 1.09. The average molecular weight is 393 g/mol. The number of nitrogens with one attached hydrogen (secondary N) is 1. The quantitative estimate of drug-likeness (QED) is 0.670. The summed E-state index contributed by atoms with van der Waals surface area (Å²) in [6.45, 7) is 3.68. The molecule has 5 nitrogen and oxygen atoms in total. The van der Waals surface area contributed by atoms with Gasteiger partial charge in [-0.1, -0.05) is 30.3 Å². The van der Waals surface area contributed by atoms with Gasteiger partial charge >= 0.3 is 0 Å². The molecule has 6 heteroatoms. The maximum Gasteiger partial charge on any atom is 0.227 e. The lowest BCUT2D eigenvalue weighted by molar-refractivity contribution is -0.121. The van der Waals surface area contributed by atoms with Gasteiger partial charge in [-0.25, -0.2) is 9.37 Å². The highest BCUT2D eigenvalue weighted by molar-refractivity contribution is 5.92. The second kappa shape index (κ2) is 8.57. The van der Waals surface area contributed by atoms with Gasteiger partial charge < -0.3 is 9.73 Å². The summed E-state index contributed by atoms with van der Waals surface area (Å²) in [4.78, 5) is 19.3. The van der Waals surface area contributed by atoms with Crippen molar-refractivity contribution in [3.63, 3.8) is 0 Å². The number of hydrogen-bond acceptors (Lipinski definition) is 4. The number of aromatic nitrogens is 1.